The summed E-state index contributed by atoms with van der Waals surface area (Å²) in [6.07, 6.45) is 1.05. The first-order chi connectivity index (χ1) is 16.3. The second kappa shape index (κ2) is 8.10. The molecule has 1 aliphatic rings. The van der Waals surface area contributed by atoms with E-state index in [1.54, 1.807) is 32.0 Å². The Bertz CT molecular complexity index is 1440. The number of aromatic nitrogens is 5. The number of aliphatic hydroxyl groups is 1. The number of anilines is 1. The molecular weight excluding hydrogens is 446 g/mol. The highest BCUT2D eigenvalue weighted by atomic mass is 19.1. The van der Waals surface area contributed by atoms with Crippen molar-refractivity contribution in [3.05, 3.63) is 59.3 Å². The highest BCUT2D eigenvalue weighted by Crippen LogP contribution is 2.42. The van der Waals surface area contributed by atoms with Gasteiger partial charge in [-0.3, -0.25) is 4.79 Å². The van der Waals surface area contributed by atoms with Crippen LogP contribution in [0.4, 0.5) is 14.6 Å². The zero-order valence-electron chi connectivity index (χ0n) is 18.3. The molecule has 0 spiro atoms. The molecule has 34 heavy (non-hydrogen) atoms. The molecule has 0 saturated heterocycles. The summed E-state index contributed by atoms with van der Waals surface area (Å²) in [6.45, 7) is 3.16. The first-order valence-corrected chi connectivity index (χ1v) is 10.5. The van der Waals surface area contributed by atoms with Gasteiger partial charge in [0.15, 0.2) is 11.5 Å². The van der Waals surface area contributed by atoms with Crippen LogP contribution in [0.1, 0.15) is 25.0 Å². The third-order valence-electron chi connectivity index (χ3n) is 5.67. The van der Waals surface area contributed by atoms with Crippen LogP contribution in [0.3, 0.4) is 0 Å². The quantitative estimate of drug-likeness (QED) is 0.449. The van der Waals surface area contributed by atoms with Gasteiger partial charge in [-0.25, -0.2) is 23.4 Å². The van der Waals surface area contributed by atoms with E-state index in [9.17, 15) is 18.7 Å². The van der Waals surface area contributed by atoms with Gasteiger partial charge in [-0.2, -0.15) is 10.1 Å². The summed E-state index contributed by atoms with van der Waals surface area (Å²) in [7, 11) is 0. The molecule has 3 aromatic heterocycles. The van der Waals surface area contributed by atoms with Gasteiger partial charge in [0.05, 0.1) is 35.7 Å². The molecule has 0 bridgehead atoms. The number of nitrogens with one attached hydrogen (secondary N) is 1. The van der Waals surface area contributed by atoms with E-state index in [-0.39, 0.29) is 48.9 Å². The zero-order valence-corrected chi connectivity index (χ0v) is 18.3. The van der Waals surface area contributed by atoms with Crippen molar-refractivity contribution < 1.29 is 23.4 Å². The smallest absolute Gasteiger partial charge is 0.235 e. The Morgan fingerprint density at radius 3 is 2.76 bits per heavy atom. The van der Waals surface area contributed by atoms with Gasteiger partial charge in [0.2, 0.25) is 11.8 Å². The highest BCUT2D eigenvalue weighted by Gasteiger charge is 2.43. The average molecular weight is 466 g/mol. The molecule has 0 radical (unpaired) electrons. The number of halogens is 2. The maximum atomic E-state index is 14.3. The summed E-state index contributed by atoms with van der Waals surface area (Å²) < 4.78 is 35.5. The number of carbonyl (C=O) groups excluding carboxylic acids is 1. The lowest BCUT2D eigenvalue weighted by Gasteiger charge is -2.18. The van der Waals surface area contributed by atoms with E-state index in [1.807, 2.05) is 0 Å². The average Bonchev–Trinajstić information content (AvgIpc) is 3.27. The molecule has 1 aliphatic heterocycles. The first kappa shape index (κ1) is 21.8. The standard InChI is InChI=1S/C23H20F2N6O3/c1-23(2)16-18(29-22(23)33)27-19(28-21(16)34-8-7-32)17-14-9-13(24)10-26-20(14)31(30-17)11-12-5-3-4-6-15(12)25/h3-6,9-10,32H,7-8,11H2,1-2H3,(H,27,28,29,33). The van der Waals surface area contributed by atoms with Crippen molar-refractivity contribution in [1.82, 2.24) is 24.7 Å². The largest absolute Gasteiger partial charge is 0.475 e. The van der Waals surface area contributed by atoms with E-state index in [2.05, 4.69) is 25.4 Å². The van der Waals surface area contributed by atoms with Gasteiger partial charge in [-0.05, 0) is 26.0 Å². The molecular formula is C23H20F2N6O3. The van der Waals surface area contributed by atoms with Crippen molar-refractivity contribution in [3.8, 4) is 17.4 Å². The number of carbonyl (C=O) groups is 1. The normalized spacial score (nSPS) is 14.3. The fourth-order valence-corrected chi connectivity index (χ4v) is 3.92. The maximum absolute atomic E-state index is 14.3. The molecule has 0 atom stereocenters. The first-order valence-electron chi connectivity index (χ1n) is 10.5. The Morgan fingerprint density at radius 2 is 2.00 bits per heavy atom. The summed E-state index contributed by atoms with van der Waals surface area (Å²) in [5, 5.41) is 16.8. The Labute approximate surface area is 192 Å². The Balaban J connectivity index is 1.69. The molecule has 11 heteroatoms. The lowest BCUT2D eigenvalue weighted by atomic mass is 9.87. The van der Waals surface area contributed by atoms with Gasteiger partial charge in [0.1, 0.15) is 29.8 Å². The second-order valence-corrected chi connectivity index (χ2v) is 8.35. The third kappa shape index (κ3) is 3.54. The lowest BCUT2D eigenvalue weighted by Crippen LogP contribution is -2.27. The van der Waals surface area contributed by atoms with Crippen molar-refractivity contribution in [2.45, 2.75) is 25.8 Å². The van der Waals surface area contributed by atoms with Crippen LogP contribution >= 0.6 is 0 Å². The van der Waals surface area contributed by atoms with Crippen LogP contribution in [0.5, 0.6) is 5.88 Å². The summed E-state index contributed by atoms with van der Waals surface area (Å²) in [4.78, 5) is 25.6. The van der Waals surface area contributed by atoms with Crippen molar-refractivity contribution >= 4 is 22.8 Å². The van der Waals surface area contributed by atoms with E-state index in [0.29, 0.717) is 22.2 Å². The summed E-state index contributed by atoms with van der Waals surface area (Å²) in [5.41, 5.74) is 0.368. The molecule has 9 nitrogen and oxygen atoms in total. The van der Waals surface area contributed by atoms with Crippen molar-refractivity contribution in [2.24, 2.45) is 0 Å². The number of nitrogens with zero attached hydrogens (tertiary/aromatic N) is 5. The topological polar surface area (TPSA) is 115 Å². The SMILES string of the molecule is CC1(C)C(=O)Nc2nc(-c3nn(Cc4ccccc4F)c4ncc(F)cc34)nc(OCCO)c21. The highest BCUT2D eigenvalue weighted by molar-refractivity contribution is 6.05. The van der Waals surface area contributed by atoms with E-state index in [1.165, 1.54) is 16.8 Å². The lowest BCUT2D eigenvalue weighted by molar-refractivity contribution is -0.119. The van der Waals surface area contributed by atoms with E-state index in [0.717, 1.165) is 6.20 Å². The summed E-state index contributed by atoms with van der Waals surface area (Å²) in [5.74, 6) is -0.868. The Kier molecular flexibility index (Phi) is 5.20. The molecule has 1 amide bonds. The number of hydrogen-bond acceptors (Lipinski definition) is 7. The van der Waals surface area contributed by atoms with E-state index in [4.69, 9.17) is 4.74 Å². The zero-order chi connectivity index (χ0) is 24.0. The summed E-state index contributed by atoms with van der Waals surface area (Å²) in [6, 6.07) is 7.50. The van der Waals surface area contributed by atoms with Crippen LogP contribution in [0.2, 0.25) is 0 Å². The van der Waals surface area contributed by atoms with Crippen LogP contribution in [0.15, 0.2) is 36.5 Å². The molecule has 5 rings (SSSR count). The number of amides is 1. The predicted molar refractivity (Wildman–Crippen MR) is 118 cm³/mol. The number of rotatable bonds is 6. The van der Waals surface area contributed by atoms with Crippen LogP contribution in [-0.4, -0.2) is 49.0 Å². The molecule has 4 heterocycles. The van der Waals surface area contributed by atoms with Gasteiger partial charge < -0.3 is 15.2 Å². The number of pyridine rings is 1. The number of aliphatic hydroxyl groups excluding tert-OH is 1. The fourth-order valence-electron chi connectivity index (χ4n) is 3.92. The molecule has 174 valence electrons. The maximum Gasteiger partial charge on any atom is 0.235 e. The molecule has 1 aromatic carbocycles. The molecule has 4 aromatic rings. The minimum Gasteiger partial charge on any atom is -0.475 e. The van der Waals surface area contributed by atoms with Gasteiger partial charge in [-0.1, -0.05) is 18.2 Å². The minimum atomic E-state index is -0.960. The monoisotopic (exact) mass is 466 g/mol. The van der Waals surface area contributed by atoms with Gasteiger partial charge in [0, 0.05) is 5.56 Å². The van der Waals surface area contributed by atoms with Crippen LogP contribution in [0.25, 0.3) is 22.6 Å². The number of ether oxygens (including phenoxy) is 1. The van der Waals surface area contributed by atoms with Gasteiger partial charge >= 0.3 is 0 Å². The number of hydrogen-bond donors (Lipinski definition) is 2. The molecule has 2 N–H and O–H groups in total. The molecule has 0 saturated carbocycles. The van der Waals surface area contributed by atoms with Crippen LogP contribution < -0.4 is 10.1 Å². The van der Waals surface area contributed by atoms with E-state index >= 15 is 0 Å². The van der Waals surface area contributed by atoms with Crippen molar-refractivity contribution in [2.75, 3.05) is 18.5 Å². The van der Waals surface area contributed by atoms with Gasteiger partial charge in [0.25, 0.3) is 0 Å². The van der Waals surface area contributed by atoms with E-state index < -0.39 is 17.0 Å². The molecule has 0 aliphatic carbocycles. The fraction of sp³-hybridized carbons (Fsp3) is 0.261. The molecule has 0 unspecified atom stereocenters. The third-order valence-corrected chi connectivity index (χ3v) is 5.67. The van der Waals surface area contributed by atoms with Crippen molar-refractivity contribution in [3.63, 3.8) is 0 Å². The van der Waals surface area contributed by atoms with Crippen LogP contribution in [-0.2, 0) is 16.8 Å². The summed E-state index contributed by atoms with van der Waals surface area (Å²) >= 11 is 0. The number of benzene rings is 1. The predicted octanol–water partition coefficient (Wildman–Crippen LogP) is 2.82. The minimum absolute atomic E-state index is 0.0460. The second-order valence-electron chi connectivity index (χ2n) is 8.35. The van der Waals surface area contributed by atoms with Crippen molar-refractivity contribution in [1.29, 1.82) is 0 Å². The van der Waals surface area contributed by atoms with Gasteiger partial charge in [-0.15, -0.1) is 0 Å². The molecule has 0 fully saturated rings. The van der Waals surface area contributed by atoms with Crippen LogP contribution in [0, 0.1) is 11.6 Å². The Morgan fingerprint density at radius 1 is 1.21 bits per heavy atom. The number of fused-ring (bicyclic) bond motifs is 2. The Hall–Kier alpha value is -3.99.